The van der Waals surface area contributed by atoms with Crippen molar-refractivity contribution in [2.45, 2.75) is 17.4 Å². The molecule has 10 heteroatoms. The van der Waals surface area contributed by atoms with Gasteiger partial charge in [-0.15, -0.1) is 0 Å². The third kappa shape index (κ3) is 4.19. The van der Waals surface area contributed by atoms with E-state index in [2.05, 4.69) is 10.1 Å². The van der Waals surface area contributed by atoms with E-state index in [1.54, 1.807) is 18.2 Å². The highest BCUT2D eigenvalue weighted by Gasteiger charge is 2.34. The van der Waals surface area contributed by atoms with E-state index in [9.17, 15) is 17.2 Å². The molecule has 1 atom stereocenters. The maximum atomic E-state index is 13.8. The summed E-state index contributed by atoms with van der Waals surface area (Å²) in [5.41, 5.74) is 0.416. The standard InChI is InChI=1S/C19H17F2N3O4S/c20-14-5-3-6-15(11-14)29(25,26)24-8-9-27-17(12-24)19-22-18(23-28-19)10-13-4-1-2-7-16(13)21/h1-7,11,17H,8-10,12H2/t17-/m1/s1. The van der Waals surface area contributed by atoms with Crippen LogP contribution in [0.25, 0.3) is 0 Å². The molecule has 1 aromatic heterocycles. The summed E-state index contributed by atoms with van der Waals surface area (Å²) < 4.78 is 64.8. The second kappa shape index (κ2) is 7.97. The van der Waals surface area contributed by atoms with E-state index in [4.69, 9.17) is 9.26 Å². The van der Waals surface area contributed by atoms with E-state index >= 15 is 0 Å². The molecule has 0 unspecified atom stereocenters. The first-order valence-electron chi connectivity index (χ1n) is 8.87. The van der Waals surface area contributed by atoms with Gasteiger partial charge in [-0.1, -0.05) is 29.4 Å². The van der Waals surface area contributed by atoms with E-state index in [1.807, 2.05) is 0 Å². The fourth-order valence-electron chi connectivity index (χ4n) is 3.05. The molecule has 0 amide bonds. The molecule has 0 N–H and O–H groups in total. The van der Waals surface area contributed by atoms with Crippen LogP contribution in [0.4, 0.5) is 8.78 Å². The van der Waals surface area contributed by atoms with Crippen molar-refractivity contribution in [1.82, 2.24) is 14.4 Å². The topological polar surface area (TPSA) is 85.5 Å². The summed E-state index contributed by atoms with van der Waals surface area (Å²) in [6, 6.07) is 11.1. The van der Waals surface area contributed by atoms with E-state index in [0.29, 0.717) is 5.56 Å². The summed E-state index contributed by atoms with van der Waals surface area (Å²) in [6.07, 6.45) is -0.636. The summed E-state index contributed by atoms with van der Waals surface area (Å²) in [5, 5.41) is 3.83. The molecule has 29 heavy (non-hydrogen) atoms. The van der Waals surface area contributed by atoms with Gasteiger partial charge in [0, 0.05) is 19.5 Å². The molecule has 2 heterocycles. The van der Waals surface area contributed by atoms with Crippen molar-refractivity contribution in [3.63, 3.8) is 0 Å². The third-order valence-electron chi connectivity index (χ3n) is 4.53. The molecule has 7 nitrogen and oxygen atoms in total. The van der Waals surface area contributed by atoms with Gasteiger partial charge < -0.3 is 9.26 Å². The number of sulfonamides is 1. The number of halogens is 2. The number of hydrogen-bond acceptors (Lipinski definition) is 6. The predicted octanol–water partition coefficient (Wildman–Crippen LogP) is 2.70. The molecule has 0 bridgehead atoms. The van der Waals surface area contributed by atoms with Gasteiger partial charge in [0.15, 0.2) is 11.9 Å². The van der Waals surface area contributed by atoms with E-state index < -0.39 is 21.9 Å². The molecule has 0 saturated carbocycles. The van der Waals surface area contributed by atoms with E-state index in [0.717, 1.165) is 6.07 Å². The Hall–Kier alpha value is -2.69. The summed E-state index contributed by atoms with van der Waals surface area (Å²) in [7, 11) is -3.90. The van der Waals surface area contributed by atoms with Gasteiger partial charge in [-0.05, 0) is 29.8 Å². The van der Waals surface area contributed by atoms with Crippen LogP contribution in [0.2, 0.25) is 0 Å². The molecular formula is C19H17F2N3O4S. The molecule has 1 aliphatic rings. The van der Waals surface area contributed by atoms with Crippen LogP contribution in [-0.2, 0) is 21.2 Å². The summed E-state index contributed by atoms with van der Waals surface area (Å²) >= 11 is 0. The highest BCUT2D eigenvalue weighted by molar-refractivity contribution is 7.89. The molecule has 2 aromatic carbocycles. The molecule has 1 fully saturated rings. The zero-order valence-electron chi connectivity index (χ0n) is 15.2. The molecule has 1 aliphatic heterocycles. The Kier molecular flexibility index (Phi) is 5.39. The van der Waals surface area contributed by atoms with Gasteiger partial charge in [-0.2, -0.15) is 9.29 Å². The molecule has 0 aliphatic carbocycles. The number of aromatic nitrogens is 2. The normalized spacial score (nSPS) is 18.1. The van der Waals surface area contributed by atoms with Gasteiger partial charge in [0.25, 0.3) is 5.89 Å². The Morgan fingerprint density at radius 1 is 1.14 bits per heavy atom. The van der Waals surface area contributed by atoms with Crippen LogP contribution in [0.15, 0.2) is 57.9 Å². The summed E-state index contributed by atoms with van der Waals surface area (Å²) in [4.78, 5) is 4.09. The Morgan fingerprint density at radius 2 is 1.97 bits per heavy atom. The SMILES string of the molecule is O=S(=O)(c1cccc(F)c1)N1CCO[C@@H](c2nc(Cc3ccccc3F)no2)C1. The molecule has 152 valence electrons. The van der Waals surface area contributed by atoms with Crippen LogP contribution in [0, 0.1) is 11.6 Å². The summed E-state index contributed by atoms with van der Waals surface area (Å²) in [6.45, 7) is 0.177. The Morgan fingerprint density at radius 3 is 2.76 bits per heavy atom. The number of hydrogen-bond donors (Lipinski definition) is 0. The van der Waals surface area contributed by atoms with Gasteiger partial charge in [0.2, 0.25) is 10.0 Å². The van der Waals surface area contributed by atoms with Crippen LogP contribution < -0.4 is 0 Å². The van der Waals surface area contributed by atoms with Gasteiger partial charge in [-0.3, -0.25) is 0 Å². The van der Waals surface area contributed by atoms with Crippen LogP contribution >= 0.6 is 0 Å². The van der Waals surface area contributed by atoms with Crippen molar-refractivity contribution in [2.75, 3.05) is 19.7 Å². The fourth-order valence-corrected chi connectivity index (χ4v) is 4.51. The predicted molar refractivity (Wildman–Crippen MR) is 97.4 cm³/mol. The van der Waals surface area contributed by atoms with Gasteiger partial charge >= 0.3 is 0 Å². The maximum Gasteiger partial charge on any atom is 0.257 e. The molecular weight excluding hydrogens is 404 g/mol. The number of nitrogens with zero attached hydrogens (tertiary/aromatic N) is 3. The average molecular weight is 421 g/mol. The van der Waals surface area contributed by atoms with Crippen LogP contribution in [-0.4, -0.2) is 42.6 Å². The van der Waals surface area contributed by atoms with E-state index in [1.165, 1.54) is 28.6 Å². The van der Waals surface area contributed by atoms with Crippen molar-refractivity contribution in [1.29, 1.82) is 0 Å². The van der Waals surface area contributed by atoms with Gasteiger partial charge in [0.1, 0.15) is 11.6 Å². The highest BCUT2D eigenvalue weighted by Crippen LogP contribution is 2.26. The lowest BCUT2D eigenvalue weighted by atomic mass is 10.1. The van der Waals surface area contributed by atoms with E-state index in [-0.39, 0.29) is 48.5 Å². The second-order valence-electron chi connectivity index (χ2n) is 6.50. The minimum atomic E-state index is -3.90. The first-order chi connectivity index (χ1) is 13.9. The summed E-state index contributed by atoms with van der Waals surface area (Å²) in [5.74, 6) is -0.639. The quantitative estimate of drug-likeness (QED) is 0.630. The lowest BCUT2D eigenvalue weighted by Crippen LogP contribution is -2.42. The number of benzene rings is 2. The van der Waals surface area contributed by atoms with Gasteiger partial charge in [-0.25, -0.2) is 17.2 Å². The van der Waals surface area contributed by atoms with Crippen molar-refractivity contribution in [2.24, 2.45) is 0 Å². The number of rotatable bonds is 5. The Bertz CT molecular complexity index is 1120. The smallest absolute Gasteiger partial charge is 0.257 e. The van der Waals surface area contributed by atoms with Crippen molar-refractivity contribution in [3.8, 4) is 0 Å². The zero-order chi connectivity index (χ0) is 20.4. The first-order valence-corrected chi connectivity index (χ1v) is 10.3. The van der Waals surface area contributed by atoms with Crippen molar-refractivity contribution >= 4 is 10.0 Å². The second-order valence-corrected chi connectivity index (χ2v) is 8.43. The average Bonchev–Trinajstić information content (AvgIpc) is 3.18. The molecule has 1 saturated heterocycles. The lowest BCUT2D eigenvalue weighted by Gasteiger charge is -2.30. The van der Waals surface area contributed by atoms with Gasteiger partial charge in [0.05, 0.1) is 11.5 Å². The monoisotopic (exact) mass is 421 g/mol. The molecule has 3 aromatic rings. The third-order valence-corrected chi connectivity index (χ3v) is 6.39. The lowest BCUT2D eigenvalue weighted by molar-refractivity contribution is -0.0199. The van der Waals surface area contributed by atoms with Crippen molar-refractivity contribution < 1.29 is 26.5 Å². The number of morpholine rings is 1. The molecule has 0 radical (unpaired) electrons. The minimum Gasteiger partial charge on any atom is -0.366 e. The number of ether oxygens (including phenoxy) is 1. The minimum absolute atomic E-state index is 0.0554. The van der Waals surface area contributed by atoms with Crippen LogP contribution in [0.5, 0.6) is 0 Å². The van der Waals surface area contributed by atoms with Crippen LogP contribution in [0.1, 0.15) is 23.4 Å². The van der Waals surface area contributed by atoms with Crippen LogP contribution in [0.3, 0.4) is 0 Å². The first kappa shape index (κ1) is 19.6. The molecule has 0 spiro atoms. The molecule has 4 rings (SSSR count). The highest BCUT2D eigenvalue weighted by atomic mass is 32.2. The largest absolute Gasteiger partial charge is 0.366 e. The maximum absolute atomic E-state index is 13.8. The fraction of sp³-hybridized carbons (Fsp3) is 0.263. The Balaban J connectivity index is 1.50. The zero-order valence-corrected chi connectivity index (χ0v) is 16.0. The Labute approximate surface area is 166 Å². The van der Waals surface area contributed by atoms with Crippen molar-refractivity contribution in [3.05, 3.63) is 77.4 Å².